The zero-order valence-corrected chi connectivity index (χ0v) is 20.8. The number of hydrogen-bond acceptors (Lipinski definition) is 15. The Morgan fingerprint density at radius 3 is 2.31 bits per heavy atom. The van der Waals surface area contributed by atoms with Crippen molar-refractivity contribution in [2.24, 2.45) is 0 Å². The third-order valence-electron chi connectivity index (χ3n) is 5.21. The maximum absolute atomic E-state index is 4.82. The molecule has 169 valence electrons. The molecule has 15 heteroatoms. The van der Waals surface area contributed by atoms with Crippen LogP contribution in [0.3, 0.4) is 0 Å². The highest BCUT2D eigenvalue weighted by Crippen LogP contribution is 2.35. The van der Waals surface area contributed by atoms with Crippen molar-refractivity contribution in [1.29, 1.82) is 0 Å². The fourth-order valence-corrected chi connectivity index (χ4v) is 6.28. The number of rotatable bonds is 3. The van der Waals surface area contributed by atoms with Gasteiger partial charge in [-0.15, -0.1) is 34.0 Å². The first-order valence-corrected chi connectivity index (χ1v) is 13.7. The zero-order valence-electron chi connectivity index (χ0n) is 17.5. The summed E-state index contributed by atoms with van der Waals surface area (Å²) >= 11 is 5.67. The number of pyridine rings is 1. The quantitative estimate of drug-likeness (QED) is 0.308. The molecule has 0 bridgehead atoms. The molecule has 8 heterocycles. The Labute approximate surface area is 215 Å². The lowest BCUT2D eigenvalue weighted by Crippen LogP contribution is -1.97. The van der Waals surface area contributed by atoms with E-state index in [4.69, 9.17) is 19.9 Å². The van der Waals surface area contributed by atoms with Gasteiger partial charge in [0.2, 0.25) is 0 Å². The molecule has 8 aromatic heterocycles. The summed E-state index contributed by atoms with van der Waals surface area (Å²) in [7, 11) is 0. The summed E-state index contributed by atoms with van der Waals surface area (Å²) in [6.07, 6.45) is 4.65. The second-order valence-corrected chi connectivity index (χ2v) is 10.8. The topological polar surface area (TPSA) is 142 Å². The maximum Gasteiger partial charge on any atom is 0.190 e. The van der Waals surface area contributed by atoms with Crippen LogP contribution in [0.2, 0.25) is 0 Å². The van der Waals surface area contributed by atoms with Gasteiger partial charge in [0, 0.05) is 0 Å². The molecule has 0 aliphatic heterocycles. The first kappa shape index (κ1) is 20.2. The predicted octanol–water partition coefficient (Wildman–Crippen LogP) is 4.69. The van der Waals surface area contributed by atoms with Crippen molar-refractivity contribution >= 4 is 87.1 Å². The van der Waals surface area contributed by atoms with Crippen molar-refractivity contribution in [3.8, 4) is 33.5 Å². The maximum atomic E-state index is 4.82. The fraction of sp³-hybridized carbons (Fsp3) is 0. The standard InChI is InChI=1S/C21H6N11S4/c1-2-9-17(33-5-24-9)28-8(1)10-3-22-16-21(29-10)36-18(32-16)13-12(30-15-20(31-13)35-7-26-15)11-4-23-19-14(27-11)25-6-34-19/h1-3,5-7H. The van der Waals surface area contributed by atoms with E-state index in [-0.39, 0.29) is 0 Å². The number of aromatic nitrogens is 11. The van der Waals surface area contributed by atoms with E-state index in [1.165, 1.54) is 45.3 Å². The monoisotopic (exact) mass is 540 g/mol. The smallest absolute Gasteiger partial charge is 0.190 e. The highest BCUT2D eigenvalue weighted by atomic mass is 32.1. The van der Waals surface area contributed by atoms with E-state index in [0.717, 1.165) is 16.0 Å². The van der Waals surface area contributed by atoms with E-state index in [1.54, 1.807) is 22.7 Å². The molecule has 36 heavy (non-hydrogen) atoms. The molecule has 0 atom stereocenters. The molecule has 0 spiro atoms. The van der Waals surface area contributed by atoms with Crippen LogP contribution in [0.25, 0.3) is 75.3 Å². The molecule has 8 aromatic rings. The highest BCUT2D eigenvalue weighted by Gasteiger charge is 2.21. The van der Waals surface area contributed by atoms with Gasteiger partial charge in [-0.25, -0.2) is 54.8 Å². The highest BCUT2D eigenvalue weighted by molar-refractivity contribution is 7.21. The van der Waals surface area contributed by atoms with E-state index in [0.29, 0.717) is 59.2 Å². The van der Waals surface area contributed by atoms with Crippen LogP contribution in [0, 0.1) is 6.20 Å². The van der Waals surface area contributed by atoms with Gasteiger partial charge in [-0.2, -0.15) is 0 Å². The zero-order chi connectivity index (χ0) is 23.6. The summed E-state index contributed by atoms with van der Waals surface area (Å²) in [5, 5.41) is 0.611. The number of hydrogen-bond donors (Lipinski definition) is 0. The molecule has 0 aliphatic carbocycles. The molecular weight excluding hydrogens is 535 g/mol. The van der Waals surface area contributed by atoms with Gasteiger partial charge in [-0.3, -0.25) is 0 Å². The summed E-state index contributed by atoms with van der Waals surface area (Å²) in [5.41, 5.74) is 10.4. The third-order valence-corrected chi connectivity index (χ3v) is 8.30. The molecule has 0 fully saturated rings. The van der Waals surface area contributed by atoms with Crippen LogP contribution in [-0.4, -0.2) is 54.8 Å². The summed E-state index contributed by atoms with van der Waals surface area (Å²) in [5.74, 6) is 0. The van der Waals surface area contributed by atoms with Crippen LogP contribution in [-0.2, 0) is 0 Å². The van der Waals surface area contributed by atoms with E-state index in [2.05, 4.69) is 41.1 Å². The van der Waals surface area contributed by atoms with Crippen LogP contribution in [0.1, 0.15) is 0 Å². The van der Waals surface area contributed by atoms with Crippen molar-refractivity contribution in [1.82, 2.24) is 54.8 Å². The predicted molar refractivity (Wildman–Crippen MR) is 139 cm³/mol. The number of nitrogens with zero attached hydrogens (tertiary/aromatic N) is 11. The summed E-state index contributed by atoms with van der Waals surface area (Å²) in [4.78, 5) is 53.0. The van der Waals surface area contributed by atoms with Crippen molar-refractivity contribution in [3.05, 3.63) is 41.1 Å². The largest absolute Gasteiger partial charge is 0.243 e. The molecule has 11 nitrogen and oxygen atoms in total. The lowest BCUT2D eigenvalue weighted by atomic mass is 10.2. The molecule has 0 saturated carbocycles. The molecule has 0 aliphatic rings. The Kier molecular flexibility index (Phi) is 4.33. The van der Waals surface area contributed by atoms with E-state index in [1.807, 2.05) is 12.1 Å². The lowest BCUT2D eigenvalue weighted by molar-refractivity contribution is 1.19. The van der Waals surface area contributed by atoms with E-state index >= 15 is 0 Å². The Morgan fingerprint density at radius 2 is 1.36 bits per heavy atom. The minimum Gasteiger partial charge on any atom is -0.243 e. The second-order valence-electron chi connectivity index (χ2n) is 7.34. The summed E-state index contributed by atoms with van der Waals surface area (Å²) in [6.45, 7) is 0. The molecule has 0 amide bonds. The molecular formula is C21H6N11S4. The average molecular weight is 541 g/mol. The molecule has 0 N–H and O–H groups in total. The van der Waals surface area contributed by atoms with Crippen LogP contribution in [0.15, 0.2) is 34.9 Å². The Morgan fingerprint density at radius 1 is 0.583 bits per heavy atom. The fourth-order valence-electron chi connectivity index (χ4n) is 3.58. The van der Waals surface area contributed by atoms with Gasteiger partial charge in [0.05, 0.1) is 33.9 Å². The molecule has 8 rings (SSSR count). The lowest BCUT2D eigenvalue weighted by Gasteiger charge is -2.04. The van der Waals surface area contributed by atoms with Crippen LogP contribution in [0.4, 0.5) is 0 Å². The molecule has 0 aromatic carbocycles. The van der Waals surface area contributed by atoms with E-state index < -0.39 is 0 Å². The Balaban J connectivity index is 1.30. The van der Waals surface area contributed by atoms with E-state index in [9.17, 15) is 0 Å². The summed E-state index contributed by atoms with van der Waals surface area (Å²) in [6, 6.07) is 3.82. The van der Waals surface area contributed by atoms with Crippen molar-refractivity contribution in [3.63, 3.8) is 0 Å². The molecule has 0 unspecified atom stereocenters. The third kappa shape index (κ3) is 3.17. The summed E-state index contributed by atoms with van der Waals surface area (Å²) < 4.78 is 0. The van der Waals surface area contributed by atoms with Crippen molar-refractivity contribution in [2.45, 2.75) is 0 Å². The minimum atomic E-state index is 0.425. The first-order valence-electron chi connectivity index (χ1n) is 10.2. The van der Waals surface area contributed by atoms with Gasteiger partial charge in [-0.1, -0.05) is 11.3 Å². The first-order chi connectivity index (χ1) is 17.8. The number of thiazole rings is 4. The van der Waals surface area contributed by atoms with Gasteiger partial charge in [0.15, 0.2) is 31.4 Å². The van der Waals surface area contributed by atoms with Crippen LogP contribution >= 0.6 is 45.3 Å². The normalized spacial score (nSPS) is 11.9. The van der Waals surface area contributed by atoms with Gasteiger partial charge in [0.1, 0.15) is 38.8 Å². The van der Waals surface area contributed by atoms with Crippen molar-refractivity contribution < 1.29 is 0 Å². The molecule has 1 radical (unpaired) electrons. The minimum absolute atomic E-state index is 0.425. The van der Waals surface area contributed by atoms with Crippen molar-refractivity contribution in [2.75, 3.05) is 0 Å². The van der Waals surface area contributed by atoms with Gasteiger partial charge in [-0.05, 0) is 12.1 Å². The van der Waals surface area contributed by atoms with Gasteiger partial charge in [0.25, 0.3) is 0 Å². The van der Waals surface area contributed by atoms with Crippen LogP contribution < -0.4 is 0 Å². The van der Waals surface area contributed by atoms with Gasteiger partial charge < -0.3 is 0 Å². The Hall–Kier alpha value is -4.05. The SMILES string of the molecule is [c]1nc2scnc2nc1-c1nc2ncsc2nc1-c1nc2ncc(-c3ccc4ncsc4n3)nc2s1. The molecule has 0 saturated heterocycles. The number of fused-ring (bicyclic) bond motifs is 4. The average Bonchev–Trinajstić information content (AvgIpc) is 3.71. The second kappa shape index (κ2) is 7.72. The Bertz CT molecular complexity index is 2090. The van der Waals surface area contributed by atoms with Gasteiger partial charge >= 0.3 is 0 Å². The van der Waals surface area contributed by atoms with Crippen LogP contribution in [0.5, 0.6) is 0 Å².